The molecule has 1 aliphatic heterocycles. The number of ether oxygens (including phenoxy) is 2. The SMILES string of the molecule is COc1c(Cl)cccc1Nc1c(-c2ccnc(Oc3ccccc3)n2)[nH]c2c1C(=O)NCC2. The van der Waals surface area contributed by atoms with Gasteiger partial charge in [-0.1, -0.05) is 35.9 Å². The number of hydrogen-bond donors (Lipinski definition) is 3. The Morgan fingerprint density at radius 2 is 1.94 bits per heavy atom. The van der Waals surface area contributed by atoms with Gasteiger partial charge in [0, 0.05) is 24.9 Å². The van der Waals surface area contributed by atoms with Crippen molar-refractivity contribution in [1.29, 1.82) is 0 Å². The van der Waals surface area contributed by atoms with Crippen LogP contribution in [0.2, 0.25) is 5.02 Å². The van der Waals surface area contributed by atoms with Crippen LogP contribution in [0.4, 0.5) is 11.4 Å². The van der Waals surface area contributed by atoms with Gasteiger partial charge < -0.3 is 25.1 Å². The van der Waals surface area contributed by atoms with Crippen molar-refractivity contribution in [3.63, 3.8) is 0 Å². The molecule has 0 aliphatic carbocycles. The normalized spacial score (nSPS) is 12.6. The number of aromatic nitrogens is 3. The van der Waals surface area contributed by atoms with Crippen LogP contribution in [0.3, 0.4) is 0 Å². The summed E-state index contributed by atoms with van der Waals surface area (Å²) < 4.78 is 11.3. The minimum Gasteiger partial charge on any atom is -0.493 e. The number of rotatable bonds is 6. The van der Waals surface area contributed by atoms with E-state index in [-0.39, 0.29) is 11.9 Å². The maximum absolute atomic E-state index is 12.8. The summed E-state index contributed by atoms with van der Waals surface area (Å²) >= 11 is 6.31. The lowest BCUT2D eigenvalue weighted by atomic mass is 10.1. The van der Waals surface area contributed by atoms with Gasteiger partial charge in [-0.15, -0.1) is 0 Å². The largest absolute Gasteiger partial charge is 0.493 e. The highest BCUT2D eigenvalue weighted by atomic mass is 35.5. The van der Waals surface area contributed by atoms with Crippen molar-refractivity contribution >= 4 is 28.9 Å². The summed E-state index contributed by atoms with van der Waals surface area (Å²) in [5.74, 6) is 0.936. The van der Waals surface area contributed by atoms with E-state index in [2.05, 4.69) is 25.6 Å². The third-order valence-corrected chi connectivity index (χ3v) is 5.54. The van der Waals surface area contributed by atoms with Crippen LogP contribution in [-0.4, -0.2) is 34.5 Å². The van der Waals surface area contributed by atoms with Crippen molar-refractivity contribution in [2.24, 2.45) is 0 Å². The molecule has 3 heterocycles. The summed E-state index contributed by atoms with van der Waals surface area (Å²) in [5, 5.41) is 6.69. The fraction of sp³-hybridized carbons (Fsp3) is 0.125. The van der Waals surface area contributed by atoms with Crippen LogP contribution >= 0.6 is 11.6 Å². The number of anilines is 2. The number of aromatic amines is 1. The topological polar surface area (TPSA) is 101 Å². The standard InChI is InChI=1S/C24H20ClN5O3/c1-32-22-15(25)8-5-9-18(22)29-21-19-16(10-12-26-23(19)31)28-20(21)17-11-13-27-24(30-17)33-14-6-3-2-4-7-14/h2-9,11,13,28-29H,10,12H2,1H3,(H,26,31). The first-order valence-electron chi connectivity index (χ1n) is 10.3. The zero-order chi connectivity index (χ0) is 22.8. The maximum Gasteiger partial charge on any atom is 0.322 e. The predicted molar refractivity (Wildman–Crippen MR) is 126 cm³/mol. The zero-order valence-electron chi connectivity index (χ0n) is 17.7. The van der Waals surface area contributed by atoms with Gasteiger partial charge in [0.05, 0.1) is 40.5 Å². The number of nitrogens with zero attached hydrogens (tertiary/aromatic N) is 2. The molecule has 3 N–H and O–H groups in total. The number of carbonyl (C=O) groups excluding carboxylic acids is 1. The molecule has 0 unspecified atom stereocenters. The van der Waals surface area contributed by atoms with E-state index in [4.69, 9.17) is 21.1 Å². The summed E-state index contributed by atoms with van der Waals surface area (Å²) in [4.78, 5) is 25.0. The Hall–Kier alpha value is -4.04. The molecular formula is C24H20ClN5O3. The smallest absolute Gasteiger partial charge is 0.322 e. The predicted octanol–water partition coefficient (Wildman–Crippen LogP) is 4.96. The first-order valence-corrected chi connectivity index (χ1v) is 10.7. The van der Waals surface area contributed by atoms with Crippen LogP contribution in [0.15, 0.2) is 60.8 Å². The molecule has 5 rings (SSSR count). The number of amides is 1. The highest BCUT2D eigenvalue weighted by Crippen LogP contribution is 2.40. The van der Waals surface area contributed by atoms with Gasteiger partial charge in [0.1, 0.15) is 5.75 Å². The number of carbonyl (C=O) groups is 1. The van der Waals surface area contributed by atoms with Crippen LogP contribution in [0.1, 0.15) is 16.1 Å². The van der Waals surface area contributed by atoms with Gasteiger partial charge in [-0.05, 0) is 30.3 Å². The monoisotopic (exact) mass is 461 g/mol. The van der Waals surface area contributed by atoms with Crippen molar-refractivity contribution in [3.05, 3.63) is 77.1 Å². The molecule has 0 bridgehead atoms. The summed E-state index contributed by atoms with van der Waals surface area (Å²) in [5.41, 5.74) is 3.76. The minimum absolute atomic E-state index is 0.169. The molecule has 9 heteroatoms. The number of fused-ring (bicyclic) bond motifs is 1. The number of methoxy groups -OCH3 is 1. The van der Waals surface area contributed by atoms with Crippen molar-refractivity contribution in [2.75, 3.05) is 19.0 Å². The number of para-hydroxylation sites is 2. The highest BCUT2D eigenvalue weighted by Gasteiger charge is 2.28. The van der Waals surface area contributed by atoms with Gasteiger partial charge in [-0.3, -0.25) is 4.79 Å². The van der Waals surface area contributed by atoms with E-state index in [1.165, 1.54) is 0 Å². The Morgan fingerprint density at radius 1 is 1.09 bits per heavy atom. The number of halogens is 1. The van der Waals surface area contributed by atoms with E-state index in [1.54, 1.807) is 25.4 Å². The molecular weight excluding hydrogens is 442 g/mol. The van der Waals surface area contributed by atoms with Crippen molar-refractivity contribution in [3.8, 4) is 28.9 Å². The Kier molecular flexibility index (Phi) is 5.58. The Labute approximate surface area is 194 Å². The van der Waals surface area contributed by atoms with Crippen molar-refractivity contribution in [2.45, 2.75) is 6.42 Å². The van der Waals surface area contributed by atoms with E-state index < -0.39 is 0 Å². The van der Waals surface area contributed by atoms with Crippen LogP contribution in [0, 0.1) is 0 Å². The van der Waals surface area contributed by atoms with E-state index in [1.807, 2.05) is 42.5 Å². The van der Waals surface area contributed by atoms with Crippen molar-refractivity contribution < 1.29 is 14.3 Å². The van der Waals surface area contributed by atoms with E-state index >= 15 is 0 Å². The van der Waals surface area contributed by atoms with Crippen LogP contribution < -0.4 is 20.1 Å². The quantitative estimate of drug-likeness (QED) is 0.375. The highest BCUT2D eigenvalue weighted by molar-refractivity contribution is 6.32. The van der Waals surface area contributed by atoms with Gasteiger partial charge >= 0.3 is 6.01 Å². The number of H-pyrrole nitrogens is 1. The summed E-state index contributed by atoms with van der Waals surface area (Å²) in [6.07, 6.45) is 2.28. The molecule has 0 atom stereocenters. The zero-order valence-corrected chi connectivity index (χ0v) is 18.4. The lowest BCUT2D eigenvalue weighted by molar-refractivity contribution is 0.0947. The molecule has 1 aliphatic rings. The molecule has 4 aromatic rings. The third kappa shape index (κ3) is 4.08. The summed E-state index contributed by atoms with van der Waals surface area (Å²) in [6, 6.07) is 16.6. The molecule has 2 aromatic carbocycles. The van der Waals surface area contributed by atoms with Crippen LogP contribution in [0.5, 0.6) is 17.5 Å². The van der Waals surface area contributed by atoms with Gasteiger partial charge in [-0.25, -0.2) is 4.98 Å². The second-order valence-electron chi connectivity index (χ2n) is 7.32. The third-order valence-electron chi connectivity index (χ3n) is 5.24. The lowest BCUT2D eigenvalue weighted by Crippen LogP contribution is -2.31. The Bertz CT molecular complexity index is 1320. The van der Waals surface area contributed by atoms with E-state index in [9.17, 15) is 4.79 Å². The number of hydrogen-bond acceptors (Lipinski definition) is 6. The van der Waals surface area contributed by atoms with Crippen molar-refractivity contribution in [1.82, 2.24) is 20.3 Å². The Balaban J connectivity index is 1.60. The average molecular weight is 462 g/mol. The van der Waals surface area contributed by atoms with E-state index in [0.717, 1.165) is 5.69 Å². The summed E-state index contributed by atoms with van der Waals surface area (Å²) in [7, 11) is 1.55. The number of nitrogens with one attached hydrogen (secondary N) is 3. The van der Waals surface area contributed by atoms with Gasteiger partial charge in [0.25, 0.3) is 5.91 Å². The van der Waals surface area contributed by atoms with Gasteiger partial charge in [-0.2, -0.15) is 4.98 Å². The molecule has 33 heavy (non-hydrogen) atoms. The molecule has 0 fully saturated rings. The van der Waals surface area contributed by atoms with Crippen LogP contribution in [-0.2, 0) is 6.42 Å². The fourth-order valence-electron chi connectivity index (χ4n) is 3.77. The van der Waals surface area contributed by atoms with Gasteiger partial charge in [0.15, 0.2) is 5.75 Å². The number of benzene rings is 2. The molecule has 0 saturated carbocycles. The summed E-state index contributed by atoms with van der Waals surface area (Å²) in [6.45, 7) is 0.553. The molecule has 2 aromatic heterocycles. The molecule has 0 spiro atoms. The second-order valence-corrected chi connectivity index (χ2v) is 7.73. The second kappa shape index (κ2) is 8.84. The Morgan fingerprint density at radius 3 is 2.76 bits per heavy atom. The minimum atomic E-state index is -0.169. The van der Waals surface area contributed by atoms with Crippen LogP contribution in [0.25, 0.3) is 11.4 Å². The lowest BCUT2D eigenvalue weighted by Gasteiger charge is -2.16. The average Bonchev–Trinajstić information content (AvgIpc) is 3.20. The fourth-order valence-corrected chi connectivity index (χ4v) is 4.02. The molecule has 166 valence electrons. The first kappa shape index (κ1) is 20.8. The van der Waals surface area contributed by atoms with E-state index in [0.29, 0.717) is 57.8 Å². The molecule has 0 radical (unpaired) electrons. The molecule has 1 amide bonds. The molecule has 8 nitrogen and oxygen atoms in total. The maximum atomic E-state index is 12.8. The first-order chi connectivity index (χ1) is 16.1. The molecule has 0 saturated heterocycles. The van der Waals surface area contributed by atoms with Gasteiger partial charge in [0.2, 0.25) is 0 Å².